The number of carboxylic acid groups (broad SMARTS) is 1. The maximum Gasteiger partial charge on any atom is 0.409 e. The number of carbonyl (C=O) groups excluding carboxylic acids is 1. The van der Waals surface area contributed by atoms with E-state index in [0.717, 1.165) is 0 Å². The van der Waals surface area contributed by atoms with Gasteiger partial charge >= 0.3 is 12.1 Å². The first-order valence-electron chi connectivity index (χ1n) is 6.33. The SMILES string of the molecule is CCOC(=O)N1CCN(c2ncc(C(=O)O)cn2)CC1. The maximum atomic E-state index is 11.5. The molecule has 1 aliphatic rings. The molecule has 0 atom stereocenters. The van der Waals surface area contributed by atoms with Crippen LogP contribution in [0.5, 0.6) is 0 Å². The highest BCUT2D eigenvalue weighted by Crippen LogP contribution is 2.11. The molecule has 0 radical (unpaired) electrons. The minimum Gasteiger partial charge on any atom is -0.478 e. The third-order valence-corrected chi connectivity index (χ3v) is 2.97. The highest BCUT2D eigenvalue weighted by atomic mass is 16.6. The number of ether oxygens (including phenoxy) is 1. The molecule has 0 aliphatic carbocycles. The number of hydrogen-bond donors (Lipinski definition) is 1. The smallest absolute Gasteiger partial charge is 0.409 e. The number of aromatic carboxylic acids is 1. The first-order chi connectivity index (χ1) is 9.61. The van der Waals surface area contributed by atoms with Crippen molar-refractivity contribution in [3.05, 3.63) is 18.0 Å². The van der Waals surface area contributed by atoms with Gasteiger partial charge < -0.3 is 19.6 Å². The van der Waals surface area contributed by atoms with Crippen LogP contribution in [0.1, 0.15) is 17.3 Å². The van der Waals surface area contributed by atoms with Crippen molar-refractivity contribution in [2.75, 3.05) is 37.7 Å². The lowest BCUT2D eigenvalue weighted by molar-refractivity contribution is 0.0695. The van der Waals surface area contributed by atoms with Gasteiger partial charge in [-0.2, -0.15) is 0 Å². The molecule has 0 unspecified atom stereocenters. The summed E-state index contributed by atoms with van der Waals surface area (Å²) in [5.74, 6) is -0.581. The Morgan fingerprint density at radius 3 is 2.35 bits per heavy atom. The molecule has 0 spiro atoms. The summed E-state index contributed by atoms with van der Waals surface area (Å²) in [6.07, 6.45) is 2.25. The Morgan fingerprint density at radius 2 is 1.85 bits per heavy atom. The van der Waals surface area contributed by atoms with Gasteiger partial charge in [0.2, 0.25) is 5.95 Å². The summed E-state index contributed by atoms with van der Waals surface area (Å²) in [6.45, 7) is 4.37. The van der Waals surface area contributed by atoms with Gasteiger partial charge in [0, 0.05) is 38.6 Å². The van der Waals surface area contributed by atoms with E-state index >= 15 is 0 Å². The second-order valence-electron chi connectivity index (χ2n) is 4.25. The van der Waals surface area contributed by atoms with Crippen molar-refractivity contribution in [1.29, 1.82) is 0 Å². The van der Waals surface area contributed by atoms with Gasteiger partial charge in [0.25, 0.3) is 0 Å². The zero-order valence-electron chi connectivity index (χ0n) is 11.2. The fourth-order valence-electron chi connectivity index (χ4n) is 1.90. The molecule has 2 rings (SSSR count). The van der Waals surface area contributed by atoms with E-state index < -0.39 is 5.97 Å². The van der Waals surface area contributed by atoms with E-state index in [1.54, 1.807) is 11.8 Å². The monoisotopic (exact) mass is 280 g/mol. The molecule has 108 valence electrons. The van der Waals surface area contributed by atoms with Gasteiger partial charge in [0.05, 0.1) is 12.2 Å². The molecule has 1 fully saturated rings. The zero-order chi connectivity index (χ0) is 14.5. The number of rotatable bonds is 3. The molecule has 1 aromatic rings. The van der Waals surface area contributed by atoms with E-state index in [1.165, 1.54) is 12.4 Å². The van der Waals surface area contributed by atoms with E-state index in [4.69, 9.17) is 9.84 Å². The van der Waals surface area contributed by atoms with E-state index in [-0.39, 0.29) is 11.7 Å². The third kappa shape index (κ3) is 3.14. The second kappa shape index (κ2) is 6.18. The Kier molecular flexibility index (Phi) is 4.34. The van der Waals surface area contributed by atoms with Gasteiger partial charge in [-0.1, -0.05) is 0 Å². The summed E-state index contributed by atoms with van der Waals surface area (Å²) in [5.41, 5.74) is 0.0545. The zero-order valence-corrected chi connectivity index (χ0v) is 11.2. The first kappa shape index (κ1) is 14.0. The molecule has 20 heavy (non-hydrogen) atoms. The summed E-state index contributed by atoms with van der Waals surface area (Å²) >= 11 is 0. The minimum absolute atomic E-state index is 0.0545. The number of amides is 1. The molecule has 0 bridgehead atoms. The van der Waals surface area contributed by atoms with E-state index in [2.05, 4.69) is 9.97 Å². The third-order valence-electron chi connectivity index (χ3n) is 2.97. The molecule has 8 heteroatoms. The van der Waals surface area contributed by atoms with E-state index in [0.29, 0.717) is 38.7 Å². The Labute approximate surface area is 116 Å². The molecule has 1 amide bonds. The van der Waals surface area contributed by atoms with Crippen molar-refractivity contribution in [1.82, 2.24) is 14.9 Å². The van der Waals surface area contributed by atoms with Crippen molar-refractivity contribution in [3.63, 3.8) is 0 Å². The van der Waals surface area contributed by atoms with E-state index in [1.807, 2.05) is 4.90 Å². The molecule has 1 saturated heterocycles. The van der Waals surface area contributed by atoms with Crippen molar-refractivity contribution < 1.29 is 19.4 Å². The van der Waals surface area contributed by atoms with Crippen LogP contribution in [-0.4, -0.2) is 64.8 Å². The summed E-state index contributed by atoms with van der Waals surface area (Å²) in [7, 11) is 0. The largest absolute Gasteiger partial charge is 0.478 e. The molecule has 8 nitrogen and oxygen atoms in total. The van der Waals surface area contributed by atoms with Crippen molar-refractivity contribution in [3.8, 4) is 0 Å². The predicted molar refractivity (Wildman–Crippen MR) is 69.8 cm³/mol. The Bertz CT molecular complexity index is 483. The molecular formula is C12H16N4O4. The van der Waals surface area contributed by atoms with Crippen LogP contribution in [-0.2, 0) is 4.74 Å². The molecule has 1 N–H and O–H groups in total. The highest BCUT2D eigenvalue weighted by Gasteiger charge is 2.23. The quantitative estimate of drug-likeness (QED) is 0.858. The minimum atomic E-state index is -1.05. The fourth-order valence-corrected chi connectivity index (χ4v) is 1.90. The van der Waals surface area contributed by atoms with Crippen LogP contribution in [0.3, 0.4) is 0 Å². The topological polar surface area (TPSA) is 95.9 Å². The van der Waals surface area contributed by atoms with Gasteiger partial charge in [-0.15, -0.1) is 0 Å². The fraction of sp³-hybridized carbons (Fsp3) is 0.500. The lowest BCUT2D eigenvalue weighted by atomic mass is 10.3. The van der Waals surface area contributed by atoms with Crippen LogP contribution in [0.15, 0.2) is 12.4 Å². The average Bonchev–Trinajstić information content (AvgIpc) is 2.48. The van der Waals surface area contributed by atoms with Crippen LogP contribution in [0.2, 0.25) is 0 Å². The second-order valence-corrected chi connectivity index (χ2v) is 4.25. The summed E-state index contributed by atoms with van der Waals surface area (Å²) in [6, 6.07) is 0. The lowest BCUT2D eigenvalue weighted by Crippen LogP contribution is -2.49. The summed E-state index contributed by atoms with van der Waals surface area (Å²) in [5, 5.41) is 8.78. The predicted octanol–water partition coefficient (Wildman–Crippen LogP) is 0.453. The summed E-state index contributed by atoms with van der Waals surface area (Å²) in [4.78, 5) is 33.9. The normalized spacial score (nSPS) is 15.1. The van der Waals surface area contributed by atoms with Crippen LogP contribution >= 0.6 is 0 Å². The van der Waals surface area contributed by atoms with Crippen LogP contribution in [0.25, 0.3) is 0 Å². The van der Waals surface area contributed by atoms with Gasteiger partial charge in [0.15, 0.2) is 0 Å². The number of aromatic nitrogens is 2. The molecule has 1 aromatic heterocycles. The Balaban J connectivity index is 1.93. The lowest BCUT2D eigenvalue weighted by Gasteiger charge is -2.33. The average molecular weight is 280 g/mol. The van der Waals surface area contributed by atoms with Gasteiger partial charge in [-0.05, 0) is 6.92 Å². The van der Waals surface area contributed by atoms with Gasteiger partial charge in [0.1, 0.15) is 0 Å². The van der Waals surface area contributed by atoms with Crippen LogP contribution in [0, 0.1) is 0 Å². The summed E-state index contributed by atoms with van der Waals surface area (Å²) < 4.78 is 4.94. The number of anilines is 1. The molecule has 1 aliphatic heterocycles. The first-order valence-corrected chi connectivity index (χ1v) is 6.33. The number of carbonyl (C=O) groups is 2. The van der Waals surface area contributed by atoms with Gasteiger partial charge in [-0.25, -0.2) is 19.6 Å². The van der Waals surface area contributed by atoms with Crippen molar-refractivity contribution in [2.24, 2.45) is 0 Å². The molecule has 0 aromatic carbocycles. The maximum absolute atomic E-state index is 11.5. The number of hydrogen-bond acceptors (Lipinski definition) is 6. The molecule has 2 heterocycles. The number of nitrogens with zero attached hydrogens (tertiary/aromatic N) is 4. The van der Waals surface area contributed by atoms with Crippen LogP contribution < -0.4 is 4.90 Å². The Hall–Kier alpha value is -2.38. The number of carboxylic acids is 1. The van der Waals surface area contributed by atoms with Gasteiger partial charge in [-0.3, -0.25) is 0 Å². The van der Waals surface area contributed by atoms with Crippen molar-refractivity contribution in [2.45, 2.75) is 6.92 Å². The van der Waals surface area contributed by atoms with Crippen LogP contribution in [0.4, 0.5) is 10.7 Å². The van der Waals surface area contributed by atoms with E-state index in [9.17, 15) is 9.59 Å². The Morgan fingerprint density at radius 1 is 1.25 bits per heavy atom. The molecule has 0 saturated carbocycles. The molecular weight excluding hydrogens is 264 g/mol. The van der Waals surface area contributed by atoms with Crippen molar-refractivity contribution >= 4 is 18.0 Å². The number of piperazine rings is 1. The standard InChI is InChI=1S/C12H16N4O4/c1-2-20-12(19)16-5-3-15(4-6-16)11-13-7-9(8-14-11)10(17)18/h7-8H,2-6H2,1H3,(H,17,18). The highest BCUT2D eigenvalue weighted by molar-refractivity contribution is 5.86.